The van der Waals surface area contributed by atoms with E-state index >= 15 is 0 Å². The monoisotopic (exact) mass is 456 g/mol. The molecule has 10 heteroatoms. The number of nitrogens with zero attached hydrogens (tertiary/aromatic N) is 2. The highest BCUT2D eigenvalue weighted by Gasteiger charge is 2.72. The minimum atomic E-state index is -4.24. The van der Waals surface area contributed by atoms with E-state index in [0.29, 0.717) is 11.3 Å². The molecular formula is C22H20N2O7S. The van der Waals surface area contributed by atoms with Crippen molar-refractivity contribution in [3.05, 3.63) is 71.6 Å². The fraction of sp³-hybridized carbons (Fsp3) is 0.273. The molecule has 9 nitrogen and oxygen atoms in total. The normalized spacial score (nSPS) is 27.0. The van der Waals surface area contributed by atoms with Gasteiger partial charge in [-0.05, 0) is 30.7 Å². The molecule has 3 atom stereocenters. The van der Waals surface area contributed by atoms with Crippen LogP contribution in [0.3, 0.4) is 0 Å². The van der Waals surface area contributed by atoms with Crippen molar-refractivity contribution < 1.29 is 32.6 Å². The topological polar surface area (TPSA) is 131 Å². The van der Waals surface area contributed by atoms with Crippen LogP contribution in [0, 0.1) is 0 Å². The van der Waals surface area contributed by atoms with Crippen molar-refractivity contribution in [1.29, 1.82) is 0 Å². The minimum absolute atomic E-state index is 0.0608. The number of sulfone groups is 1. The summed E-state index contributed by atoms with van der Waals surface area (Å²) in [7, 11) is -4.24. The third kappa shape index (κ3) is 3.36. The van der Waals surface area contributed by atoms with Gasteiger partial charge in [0, 0.05) is 6.20 Å². The SMILES string of the molecule is C[C@]1(COC(=O)Cc2ccccc2)[C@H](C(=O)O)N2C(=O)/C(=C/c3ccccn3)[C@H]2S1(=O)=O. The summed E-state index contributed by atoms with van der Waals surface area (Å²) in [6.07, 6.45) is 2.74. The van der Waals surface area contributed by atoms with Crippen LogP contribution in [-0.4, -0.2) is 64.0 Å². The number of amides is 1. The highest BCUT2D eigenvalue weighted by atomic mass is 32.2. The number of hydrogen-bond acceptors (Lipinski definition) is 7. The van der Waals surface area contributed by atoms with E-state index in [1.165, 1.54) is 19.2 Å². The van der Waals surface area contributed by atoms with Crippen LogP contribution in [0.15, 0.2) is 60.3 Å². The second-order valence-corrected chi connectivity index (χ2v) is 10.3. The smallest absolute Gasteiger partial charge is 0.328 e. The van der Waals surface area contributed by atoms with Crippen LogP contribution in [0.1, 0.15) is 18.2 Å². The minimum Gasteiger partial charge on any atom is -0.480 e. The molecule has 166 valence electrons. The Morgan fingerprint density at radius 2 is 1.88 bits per heavy atom. The van der Waals surface area contributed by atoms with Crippen LogP contribution in [0.2, 0.25) is 0 Å². The summed E-state index contributed by atoms with van der Waals surface area (Å²) in [5.41, 5.74) is 0.987. The number of carbonyl (C=O) groups excluding carboxylic acids is 2. The fourth-order valence-corrected chi connectivity index (χ4v) is 6.33. The van der Waals surface area contributed by atoms with E-state index in [9.17, 15) is 27.9 Å². The quantitative estimate of drug-likeness (QED) is 0.388. The Balaban J connectivity index is 1.61. The molecule has 0 aliphatic carbocycles. The van der Waals surface area contributed by atoms with Crippen LogP contribution in [0.5, 0.6) is 0 Å². The third-order valence-electron chi connectivity index (χ3n) is 5.74. The predicted molar refractivity (Wildman–Crippen MR) is 113 cm³/mol. The summed E-state index contributed by atoms with van der Waals surface area (Å²) >= 11 is 0. The predicted octanol–water partition coefficient (Wildman–Crippen LogP) is 1.06. The maximum absolute atomic E-state index is 13.4. The lowest BCUT2D eigenvalue weighted by atomic mass is 9.94. The molecule has 0 saturated carbocycles. The van der Waals surface area contributed by atoms with Gasteiger partial charge in [0.25, 0.3) is 5.91 Å². The summed E-state index contributed by atoms with van der Waals surface area (Å²) < 4.78 is 30.0. The van der Waals surface area contributed by atoms with Gasteiger partial charge in [-0.15, -0.1) is 0 Å². The van der Waals surface area contributed by atoms with Crippen molar-refractivity contribution >= 4 is 33.8 Å². The van der Waals surface area contributed by atoms with Crippen molar-refractivity contribution in [3.63, 3.8) is 0 Å². The Labute approximate surface area is 184 Å². The van der Waals surface area contributed by atoms with Gasteiger partial charge in [-0.2, -0.15) is 0 Å². The van der Waals surface area contributed by atoms with Crippen molar-refractivity contribution in [3.8, 4) is 0 Å². The zero-order chi connectivity index (χ0) is 23.1. The molecular weight excluding hydrogens is 436 g/mol. The fourth-order valence-electron chi connectivity index (χ4n) is 4.05. The molecule has 2 fully saturated rings. The Bertz CT molecular complexity index is 1210. The molecule has 0 unspecified atom stereocenters. The first-order chi connectivity index (χ1) is 15.2. The molecule has 0 spiro atoms. The molecule has 1 aromatic carbocycles. The van der Waals surface area contributed by atoms with Gasteiger partial charge in [-0.3, -0.25) is 14.6 Å². The van der Waals surface area contributed by atoms with Crippen LogP contribution >= 0.6 is 0 Å². The molecule has 32 heavy (non-hydrogen) atoms. The lowest BCUT2D eigenvalue weighted by Gasteiger charge is -2.37. The summed E-state index contributed by atoms with van der Waals surface area (Å²) in [6, 6.07) is 12.0. The summed E-state index contributed by atoms with van der Waals surface area (Å²) in [5, 5.41) is 8.33. The molecule has 3 heterocycles. The van der Waals surface area contributed by atoms with Gasteiger partial charge in [0.05, 0.1) is 17.7 Å². The molecule has 0 bridgehead atoms. The van der Waals surface area contributed by atoms with Crippen molar-refractivity contribution in [2.75, 3.05) is 6.61 Å². The average Bonchev–Trinajstić information content (AvgIpc) is 2.93. The number of benzene rings is 1. The molecule has 2 aliphatic rings. The largest absolute Gasteiger partial charge is 0.480 e. The summed E-state index contributed by atoms with van der Waals surface area (Å²) in [5.74, 6) is -2.87. The lowest BCUT2D eigenvalue weighted by Crippen LogP contribution is -2.59. The van der Waals surface area contributed by atoms with Crippen molar-refractivity contribution in [2.24, 2.45) is 0 Å². The molecule has 1 N–H and O–H groups in total. The second-order valence-electron chi connectivity index (χ2n) is 7.84. The molecule has 2 saturated heterocycles. The first-order valence-electron chi connectivity index (χ1n) is 9.78. The number of carbonyl (C=O) groups is 3. The summed E-state index contributed by atoms with van der Waals surface area (Å²) in [4.78, 5) is 41.9. The number of aromatic nitrogens is 1. The van der Waals surface area contributed by atoms with E-state index in [0.717, 1.165) is 4.90 Å². The Kier molecular flexibility index (Phi) is 5.33. The molecule has 2 aliphatic heterocycles. The van der Waals surface area contributed by atoms with E-state index in [4.69, 9.17) is 4.74 Å². The van der Waals surface area contributed by atoms with E-state index in [1.54, 1.807) is 48.5 Å². The highest BCUT2D eigenvalue weighted by Crippen LogP contribution is 2.49. The van der Waals surface area contributed by atoms with E-state index < -0.39 is 50.5 Å². The first kappa shape index (κ1) is 21.7. The summed E-state index contributed by atoms with van der Waals surface area (Å²) in [6.45, 7) is 0.510. The molecule has 1 amide bonds. The highest BCUT2D eigenvalue weighted by molar-refractivity contribution is 7.94. The zero-order valence-electron chi connectivity index (χ0n) is 17.0. The Morgan fingerprint density at radius 1 is 1.19 bits per heavy atom. The number of rotatable bonds is 6. The van der Waals surface area contributed by atoms with Gasteiger partial charge in [0.15, 0.2) is 21.3 Å². The molecule has 1 aromatic heterocycles. The lowest BCUT2D eigenvalue weighted by molar-refractivity contribution is -0.155. The van der Waals surface area contributed by atoms with Gasteiger partial charge >= 0.3 is 11.9 Å². The molecule has 4 rings (SSSR count). The number of hydrogen-bond donors (Lipinski definition) is 1. The van der Waals surface area contributed by atoms with Crippen LogP contribution in [0.4, 0.5) is 0 Å². The number of carboxylic acids is 1. The van der Waals surface area contributed by atoms with Gasteiger partial charge in [-0.25, -0.2) is 13.2 Å². The zero-order valence-corrected chi connectivity index (χ0v) is 17.9. The Morgan fingerprint density at radius 3 is 2.50 bits per heavy atom. The third-order valence-corrected chi connectivity index (χ3v) is 8.45. The van der Waals surface area contributed by atoms with Crippen LogP contribution in [-0.2, 0) is 35.4 Å². The number of esters is 1. The first-order valence-corrected chi connectivity index (χ1v) is 11.3. The number of pyridine rings is 1. The van der Waals surface area contributed by atoms with Crippen LogP contribution < -0.4 is 0 Å². The van der Waals surface area contributed by atoms with Crippen molar-refractivity contribution in [2.45, 2.75) is 29.5 Å². The number of fused-ring (bicyclic) bond motifs is 1. The van der Waals surface area contributed by atoms with Gasteiger partial charge < -0.3 is 14.7 Å². The molecule has 0 radical (unpaired) electrons. The van der Waals surface area contributed by atoms with E-state index in [2.05, 4.69) is 4.98 Å². The van der Waals surface area contributed by atoms with E-state index in [1.807, 2.05) is 0 Å². The van der Waals surface area contributed by atoms with Crippen LogP contribution in [0.25, 0.3) is 6.08 Å². The number of ether oxygens (including phenoxy) is 1. The molecule has 2 aromatic rings. The maximum Gasteiger partial charge on any atom is 0.328 e. The number of carboxylic acid groups (broad SMARTS) is 1. The van der Waals surface area contributed by atoms with Crippen molar-refractivity contribution in [1.82, 2.24) is 9.88 Å². The number of β-lactam (4-membered cyclic amide) rings is 1. The van der Waals surface area contributed by atoms with Gasteiger partial charge in [0.2, 0.25) is 0 Å². The van der Waals surface area contributed by atoms with Gasteiger partial charge in [0.1, 0.15) is 11.4 Å². The second kappa shape index (κ2) is 7.86. The standard InChI is InChI=1S/C22H20N2O7S/c1-22(13-31-17(25)11-14-7-3-2-4-8-14)18(21(27)28)24-19(26)16(20(24)32(22,29)30)12-15-9-5-6-10-23-15/h2-10,12,18,20H,11,13H2,1H3,(H,27,28)/b16-12-/t18-,20+,22-/m0/s1. The van der Waals surface area contributed by atoms with Gasteiger partial charge in [-0.1, -0.05) is 36.4 Å². The maximum atomic E-state index is 13.4. The van der Waals surface area contributed by atoms with E-state index in [-0.39, 0.29) is 12.0 Å². The average molecular weight is 456 g/mol. The Hall–Kier alpha value is -3.53. The number of aliphatic carboxylic acids is 1.